The van der Waals surface area contributed by atoms with Crippen LogP contribution in [-0.4, -0.2) is 88.1 Å². The van der Waals surface area contributed by atoms with Gasteiger partial charge in [-0.25, -0.2) is 0 Å². The molecule has 1 spiro atoms. The van der Waals surface area contributed by atoms with E-state index < -0.39 is 22.6 Å². The Bertz CT molecular complexity index is 1120. The smallest absolute Gasteiger partial charge is 0.247 e. The summed E-state index contributed by atoms with van der Waals surface area (Å²) in [6, 6.07) is 6.78. The maximum absolute atomic E-state index is 14.2. The Morgan fingerprint density at radius 3 is 2.50 bits per heavy atom. The molecule has 4 heterocycles. The molecule has 4 aliphatic heterocycles. The largest absolute Gasteiger partial charge is 0.494 e. The summed E-state index contributed by atoms with van der Waals surface area (Å²) in [5, 5.41) is 9.35. The summed E-state index contributed by atoms with van der Waals surface area (Å²) >= 11 is 1.59. The number of hydrogen-bond acceptors (Lipinski definition) is 6. The molecule has 9 heteroatoms. The van der Waals surface area contributed by atoms with Gasteiger partial charge in [-0.1, -0.05) is 37.6 Å². The number of fused-ring (bicyclic) bond motifs is 2. The fraction of sp³-hybridized carbons (Fsp3) is 0.552. The topological polar surface area (TPSA) is 90.4 Å². The number of carbonyl (C=O) groups is 3. The second-order valence-electron chi connectivity index (χ2n) is 10.3. The van der Waals surface area contributed by atoms with Crippen molar-refractivity contribution >= 4 is 35.2 Å². The summed E-state index contributed by atoms with van der Waals surface area (Å²) in [7, 11) is 0. The lowest BCUT2D eigenvalue weighted by molar-refractivity contribution is -0.142. The van der Waals surface area contributed by atoms with Gasteiger partial charge >= 0.3 is 0 Å². The molecule has 0 aliphatic carbocycles. The number of aliphatic hydroxyl groups is 1. The first-order valence-corrected chi connectivity index (χ1v) is 14.6. The summed E-state index contributed by atoms with van der Waals surface area (Å²) in [5.41, 5.74) is 0.757. The Morgan fingerprint density at radius 1 is 1.00 bits per heavy atom. The highest BCUT2D eigenvalue weighted by atomic mass is 32.2. The Morgan fingerprint density at radius 2 is 1.79 bits per heavy atom. The molecule has 2 fully saturated rings. The molecule has 204 valence electrons. The van der Waals surface area contributed by atoms with Crippen molar-refractivity contribution in [3.05, 3.63) is 48.6 Å². The summed E-state index contributed by atoms with van der Waals surface area (Å²) in [6.45, 7) is 6.38. The maximum atomic E-state index is 14.2. The van der Waals surface area contributed by atoms with Crippen LogP contribution in [0, 0.1) is 11.8 Å². The Labute approximate surface area is 228 Å². The first-order chi connectivity index (χ1) is 18.5. The zero-order valence-electron chi connectivity index (χ0n) is 22.1. The van der Waals surface area contributed by atoms with Crippen LogP contribution in [0.4, 0.5) is 5.69 Å². The van der Waals surface area contributed by atoms with Crippen molar-refractivity contribution in [2.75, 3.05) is 44.3 Å². The molecule has 4 aliphatic rings. The highest BCUT2D eigenvalue weighted by Crippen LogP contribution is 2.61. The normalized spacial score (nSPS) is 30.3. The van der Waals surface area contributed by atoms with E-state index in [-0.39, 0.29) is 29.6 Å². The summed E-state index contributed by atoms with van der Waals surface area (Å²) in [4.78, 5) is 47.6. The van der Waals surface area contributed by atoms with E-state index in [0.29, 0.717) is 39.2 Å². The highest BCUT2D eigenvalue weighted by Gasteiger charge is 2.70. The van der Waals surface area contributed by atoms with E-state index in [2.05, 4.69) is 13.0 Å². The van der Waals surface area contributed by atoms with E-state index in [9.17, 15) is 19.5 Å². The van der Waals surface area contributed by atoms with Gasteiger partial charge in [0, 0.05) is 43.7 Å². The van der Waals surface area contributed by atoms with Gasteiger partial charge in [0.15, 0.2) is 0 Å². The monoisotopic (exact) mass is 539 g/mol. The van der Waals surface area contributed by atoms with Crippen LogP contribution in [0.3, 0.4) is 0 Å². The van der Waals surface area contributed by atoms with Gasteiger partial charge < -0.3 is 24.5 Å². The molecule has 1 aromatic carbocycles. The number of unbranched alkanes of at least 4 members (excludes halogenated alkanes) is 1. The van der Waals surface area contributed by atoms with Gasteiger partial charge in [-0.3, -0.25) is 14.4 Å². The number of amides is 3. The number of aliphatic hydroxyl groups excluding tert-OH is 1. The minimum atomic E-state index is -0.818. The van der Waals surface area contributed by atoms with Gasteiger partial charge in [0.05, 0.1) is 23.2 Å². The minimum Gasteiger partial charge on any atom is -0.494 e. The number of nitrogens with zero attached hydrogens (tertiary/aromatic N) is 3. The molecule has 5 atom stereocenters. The predicted molar refractivity (Wildman–Crippen MR) is 148 cm³/mol. The Kier molecular flexibility index (Phi) is 7.86. The van der Waals surface area contributed by atoms with Crippen molar-refractivity contribution in [2.24, 2.45) is 11.8 Å². The number of ether oxygens (including phenoxy) is 1. The molecule has 38 heavy (non-hydrogen) atoms. The molecule has 0 radical (unpaired) electrons. The molecule has 5 rings (SSSR count). The Balaban J connectivity index is 1.52. The summed E-state index contributed by atoms with van der Waals surface area (Å²) in [5.74, 6) is -0.796. The van der Waals surface area contributed by atoms with Gasteiger partial charge in [0.1, 0.15) is 11.8 Å². The third-order valence-corrected chi connectivity index (χ3v) is 9.78. The molecule has 1 N–H and O–H groups in total. The van der Waals surface area contributed by atoms with Crippen LogP contribution in [0.5, 0.6) is 5.75 Å². The van der Waals surface area contributed by atoms with E-state index >= 15 is 0 Å². The van der Waals surface area contributed by atoms with Crippen LogP contribution in [0.1, 0.15) is 33.1 Å². The van der Waals surface area contributed by atoms with Crippen molar-refractivity contribution in [3.63, 3.8) is 0 Å². The summed E-state index contributed by atoms with van der Waals surface area (Å²) in [6.07, 6.45) is 10.4. The van der Waals surface area contributed by atoms with Crippen LogP contribution in [0.15, 0.2) is 48.6 Å². The Hall–Kier alpha value is -2.78. The third kappa shape index (κ3) is 4.43. The lowest BCUT2D eigenvalue weighted by Gasteiger charge is -2.35. The predicted octanol–water partition coefficient (Wildman–Crippen LogP) is 2.87. The molecule has 1 aromatic rings. The molecule has 0 bridgehead atoms. The molecule has 0 saturated carbocycles. The van der Waals surface area contributed by atoms with Crippen molar-refractivity contribution < 1.29 is 24.2 Å². The molecular weight excluding hydrogens is 502 g/mol. The average Bonchev–Trinajstić information content (AvgIpc) is 3.23. The number of hydrogen-bond donors (Lipinski definition) is 1. The number of thioether (sulfide) groups is 1. The van der Waals surface area contributed by atoms with Crippen LogP contribution in [0.2, 0.25) is 0 Å². The van der Waals surface area contributed by atoms with E-state index in [1.807, 2.05) is 54.3 Å². The van der Waals surface area contributed by atoms with Gasteiger partial charge in [-0.2, -0.15) is 0 Å². The molecular formula is C29H37N3O5S. The number of rotatable bonds is 9. The second-order valence-corrected chi connectivity index (χ2v) is 11.8. The molecule has 0 aromatic heterocycles. The van der Waals surface area contributed by atoms with Crippen LogP contribution < -0.4 is 9.64 Å². The lowest BCUT2D eigenvalue weighted by Crippen LogP contribution is -2.53. The van der Waals surface area contributed by atoms with Crippen molar-refractivity contribution in [2.45, 2.75) is 49.1 Å². The standard InChI is InChI=1S/C29H37N3O5S/c1-3-5-15-30-16-7-14-29-24(27(35)32(18-8-19-33)25(29)28(30)36)23-22(38-29)9-6-17-31(26(23)34)20-10-12-21(13-11-20)37-4-2/h6-7,9-14,22-25,33H,3-5,8,15-19H2,1-2H3/t22-,23+,24-,25?,29-/m0/s1. The minimum absolute atomic E-state index is 0.0546. The summed E-state index contributed by atoms with van der Waals surface area (Å²) < 4.78 is 4.75. The van der Waals surface area contributed by atoms with Crippen molar-refractivity contribution in [1.82, 2.24) is 9.80 Å². The maximum Gasteiger partial charge on any atom is 0.247 e. The molecule has 8 nitrogen and oxygen atoms in total. The van der Waals surface area contributed by atoms with E-state index in [4.69, 9.17) is 4.74 Å². The quantitative estimate of drug-likeness (QED) is 0.486. The fourth-order valence-corrected chi connectivity index (χ4v) is 8.34. The van der Waals surface area contributed by atoms with E-state index in [1.54, 1.807) is 21.6 Å². The molecule has 3 amide bonds. The van der Waals surface area contributed by atoms with Crippen molar-refractivity contribution in [3.8, 4) is 5.75 Å². The number of benzene rings is 1. The van der Waals surface area contributed by atoms with Gasteiger partial charge in [0.2, 0.25) is 17.7 Å². The van der Waals surface area contributed by atoms with Crippen LogP contribution >= 0.6 is 11.8 Å². The highest BCUT2D eigenvalue weighted by molar-refractivity contribution is 8.02. The van der Waals surface area contributed by atoms with Gasteiger partial charge in [-0.15, -0.1) is 11.8 Å². The van der Waals surface area contributed by atoms with Crippen LogP contribution in [-0.2, 0) is 14.4 Å². The fourth-order valence-electron chi connectivity index (χ4n) is 6.34. The van der Waals surface area contributed by atoms with Gasteiger partial charge in [0.25, 0.3) is 0 Å². The lowest BCUT2D eigenvalue weighted by atomic mass is 9.78. The SMILES string of the molecule is CCCCN1CC=C[C@]23S[C@H]4C=CCN(c5ccc(OCC)cc5)C(=O)[C@H]4[C@H]2C(=O)N(CCCO)C3C1=O. The van der Waals surface area contributed by atoms with Gasteiger partial charge in [-0.05, 0) is 44.0 Å². The molecule has 1 unspecified atom stereocenters. The average molecular weight is 540 g/mol. The first kappa shape index (κ1) is 26.8. The van der Waals surface area contributed by atoms with Crippen molar-refractivity contribution in [1.29, 1.82) is 0 Å². The van der Waals surface area contributed by atoms with Crippen LogP contribution in [0.25, 0.3) is 0 Å². The zero-order valence-corrected chi connectivity index (χ0v) is 22.9. The second kappa shape index (κ2) is 11.1. The van der Waals surface area contributed by atoms with E-state index in [0.717, 1.165) is 24.3 Å². The van der Waals surface area contributed by atoms with E-state index in [1.165, 1.54) is 0 Å². The first-order valence-electron chi connectivity index (χ1n) is 13.7. The number of anilines is 1. The zero-order chi connectivity index (χ0) is 26.9. The molecule has 2 saturated heterocycles. The number of carbonyl (C=O) groups excluding carboxylic acids is 3. The third-order valence-electron chi connectivity index (χ3n) is 8.04. The number of likely N-dealkylation sites (tertiary alicyclic amines) is 1.